The van der Waals surface area contributed by atoms with Gasteiger partial charge in [0.05, 0.1) is 19.3 Å². The molecule has 1 aliphatic rings. The van der Waals surface area contributed by atoms with Gasteiger partial charge < -0.3 is 15.2 Å². The van der Waals surface area contributed by atoms with Crippen LogP contribution in [0.1, 0.15) is 13.8 Å². The van der Waals surface area contributed by atoms with Crippen molar-refractivity contribution >= 4 is 5.91 Å². The number of nitrogens with one attached hydrogen (secondary N) is 1. The average molecular weight is 159 g/mol. The van der Waals surface area contributed by atoms with Crippen LogP contribution in [0.25, 0.3) is 0 Å². The topological polar surface area (TPSA) is 58.6 Å². The molecule has 0 atom stereocenters. The molecule has 0 aromatic rings. The molecule has 0 unspecified atom stereocenters. The standard InChI is InChI=1S/C7H13NO3/c1-7(2,10)6(9)8-5-3-11-4-5/h5,10H,3-4H2,1-2H3,(H,8,9). The minimum Gasteiger partial charge on any atom is -0.381 e. The molecule has 1 saturated heterocycles. The van der Waals surface area contributed by atoms with E-state index in [1.807, 2.05) is 0 Å². The van der Waals surface area contributed by atoms with Gasteiger partial charge in [0.25, 0.3) is 5.91 Å². The number of ether oxygens (including phenoxy) is 1. The molecule has 4 nitrogen and oxygen atoms in total. The third-order valence-electron chi connectivity index (χ3n) is 1.53. The van der Waals surface area contributed by atoms with Crippen molar-refractivity contribution in [2.24, 2.45) is 0 Å². The second-order valence-corrected chi connectivity index (χ2v) is 3.27. The van der Waals surface area contributed by atoms with Gasteiger partial charge in [-0.05, 0) is 13.8 Å². The van der Waals surface area contributed by atoms with Crippen molar-refractivity contribution in [2.45, 2.75) is 25.5 Å². The summed E-state index contributed by atoms with van der Waals surface area (Å²) in [7, 11) is 0. The molecule has 0 aromatic heterocycles. The van der Waals surface area contributed by atoms with E-state index in [1.54, 1.807) is 0 Å². The third-order valence-corrected chi connectivity index (χ3v) is 1.53. The van der Waals surface area contributed by atoms with E-state index in [4.69, 9.17) is 4.74 Å². The summed E-state index contributed by atoms with van der Waals surface area (Å²) in [5, 5.41) is 11.8. The lowest BCUT2D eigenvalue weighted by molar-refractivity contribution is -0.140. The summed E-state index contributed by atoms with van der Waals surface area (Å²) in [6.45, 7) is 4.04. The maximum Gasteiger partial charge on any atom is 0.251 e. The van der Waals surface area contributed by atoms with Crippen LogP contribution in [0.2, 0.25) is 0 Å². The third kappa shape index (κ3) is 2.17. The first-order valence-electron chi connectivity index (χ1n) is 3.61. The Morgan fingerprint density at radius 2 is 2.18 bits per heavy atom. The second kappa shape index (κ2) is 2.79. The number of hydrogen-bond acceptors (Lipinski definition) is 3. The van der Waals surface area contributed by atoms with Crippen molar-refractivity contribution in [3.8, 4) is 0 Å². The fourth-order valence-electron chi connectivity index (χ4n) is 0.681. The van der Waals surface area contributed by atoms with Gasteiger partial charge in [0.1, 0.15) is 5.60 Å². The smallest absolute Gasteiger partial charge is 0.251 e. The van der Waals surface area contributed by atoms with Gasteiger partial charge in [-0.15, -0.1) is 0 Å². The minimum atomic E-state index is -1.28. The van der Waals surface area contributed by atoms with Crippen LogP contribution in [0.4, 0.5) is 0 Å². The molecular weight excluding hydrogens is 146 g/mol. The maximum absolute atomic E-state index is 11.1. The van der Waals surface area contributed by atoms with Crippen molar-refractivity contribution in [3.05, 3.63) is 0 Å². The van der Waals surface area contributed by atoms with Gasteiger partial charge in [-0.3, -0.25) is 4.79 Å². The lowest BCUT2D eigenvalue weighted by Gasteiger charge is -2.29. The fourth-order valence-corrected chi connectivity index (χ4v) is 0.681. The Labute approximate surface area is 65.5 Å². The predicted molar refractivity (Wildman–Crippen MR) is 39.0 cm³/mol. The largest absolute Gasteiger partial charge is 0.381 e. The summed E-state index contributed by atoms with van der Waals surface area (Å²) in [5.74, 6) is -0.342. The average Bonchev–Trinajstić information content (AvgIpc) is 1.75. The molecule has 2 N–H and O–H groups in total. The Morgan fingerprint density at radius 3 is 2.45 bits per heavy atom. The zero-order chi connectivity index (χ0) is 8.48. The Bertz CT molecular complexity index is 158. The highest BCUT2D eigenvalue weighted by atomic mass is 16.5. The van der Waals surface area contributed by atoms with Crippen LogP contribution in [0.15, 0.2) is 0 Å². The van der Waals surface area contributed by atoms with Gasteiger partial charge in [-0.2, -0.15) is 0 Å². The predicted octanol–water partition coefficient (Wildman–Crippen LogP) is -0.728. The summed E-state index contributed by atoms with van der Waals surface area (Å²) in [5.41, 5.74) is -1.28. The van der Waals surface area contributed by atoms with Gasteiger partial charge in [0, 0.05) is 0 Å². The molecule has 1 fully saturated rings. The number of carbonyl (C=O) groups excluding carboxylic acids is 1. The highest BCUT2D eigenvalue weighted by Crippen LogP contribution is 2.04. The Morgan fingerprint density at radius 1 is 1.64 bits per heavy atom. The first-order valence-corrected chi connectivity index (χ1v) is 3.61. The van der Waals surface area contributed by atoms with Crippen LogP contribution in [0.3, 0.4) is 0 Å². The van der Waals surface area contributed by atoms with Crippen LogP contribution in [0, 0.1) is 0 Å². The first kappa shape index (κ1) is 8.49. The van der Waals surface area contributed by atoms with Crippen molar-refractivity contribution in [1.29, 1.82) is 0 Å². The highest BCUT2D eigenvalue weighted by molar-refractivity contribution is 5.84. The van der Waals surface area contributed by atoms with E-state index in [1.165, 1.54) is 13.8 Å². The van der Waals surface area contributed by atoms with E-state index in [0.717, 1.165) is 0 Å². The summed E-state index contributed by atoms with van der Waals surface area (Å²) in [6, 6.07) is 0.0916. The van der Waals surface area contributed by atoms with Crippen molar-refractivity contribution in [2.75, 3.05) is 13.2 Å². The summed E-state index contributed by atoms with van der Waals surface area (Å²) < 4.78 is 4.85. The first-order chi connectivity index (χ1) is 5.00. The molecule has 0 radical (unpaired) electrons. The lowest BCUT2D eigenvalue weighted by Crippen LogP contribution is -2.54. The van der Waals surface area contributed by atoms with E-state index in [2.05, 4.69) is 5.32 Å². The van der Waals surface area contributed by atoms with Gasteiger partial charge in [0.2, 0.25) is 0 Å². The molecule has 0 aromatic carbocycles. The molecule has 1 heterocycles. The quantitative estimate of drug-likeness (QED) is 0.558. The van der Waals surface area contributed by atoms with Crippen LogP contribution < -0.4 is 5.32 Å². The molecule has 0 aliphatic carbocycles. The van der Waals surface area contributed by atoms with Gasteiger partial charge in [-0.1, -0.05) is 0 Å². The zero-order valence-electron chi connectivity index (χ0n) is 6.76. The van der Waals surface area contributed by atoms with Crippen LogP contribution >= 0.6 is 0 Å². The number of aliphatic hydroxyl groups is 1. The molecule has 0 saturated carbocycles. The number of carbonyl (C=O) groups is 1. The highest BCUT2D eigenvalue weighted by Gasteiger charge is 2.28. The molecule has 64 valence electrons. The number of hydrogen-bond donors (Lipinski definition) is 2. The van der Waals surface area contributed by atoms with Gasteiger partial charge >= 0.3 is 0 Å². The maximum atomic E-state index is 11.1. The summed E-state index contributed by atoms with van der Waals surface area (Å²) >= 11 is 0. The number of amides is 1. The molecule has 0 spiro atoms. The van der Waals surface area contributed by atoms with Crippen molar-refractivity contribution in [3.63, 3.8) is 0 Å². The Hall–Kier alpha value is -0.610. The monoisotopic (exact) mass is 159 g/mol. The summed E-state index contributed by atoms with van der Waals surface area (Å²) in [4.78, 5) is 11.1. The molecule has 0 bridgehead atoms. The van der Waals surface area contributed by atoms with E-state index in [9.17, 15) is 9.90 Å². The van der Waals surface area contributed by atoms with Crippen molar-refractivity contribution < 1.29 is 14.6 Å². The van der Waals surface area contributed by atoms with E-state index in [-0.39, 0.29) is 11.9 Å². The van der Waals surface area contributed by atoms with E-state index < -0.39 is 5.60 Å². The molecule has 1 amide bonds. The SMILES string of the molecule is CC(C)(O)C(=O)NC1COC1. The van der Waals surface area contributed by atoms with Crippen LogP contribution in [0.5, 0.6) is 0 Å². The van der Waals surface area contributed by atoms with Crippen LogP contribution in [-0.2, 0) is 9.53 Å². The molecule has 1 aliphatic heterocycles. The van der Waals surface area contributed by atoms with Gasteiger partial charge in [0.15, 0.2) is 0 Å². The minimum absolute atomic E-state index is 0.0916. The zero-order valence-corrected chi connectivity index (χ0v) is 6.76. The van der Waals surface area contributed by atoms with E-state index in [0.29, 0.717) is 13.2 Å². The Balaban J connectivity index is 2.30. The fraction of sp³-hybridized carbons (Fsp3) is 0.857. The summed E-state index contributed by atoms with van der Waals surface area (Å²) in [6.07, 6.45) is 0. The molecular formula is C7H13NO3. The second-order valence-electron chi connectivity index (χ2n) is 3.27. The van der Waals surface area contributed by atoms with E-state index >= 15 is 0 Å². The Kier molecular flexibility index (Phi) is 2.15. The molecule has 4 heteroatoms. The molecule has 1 rings (SSSR count). The molecule has 11 heavy (non-hydrogen) atoms. The lowest BCUT2D eigenvalue weighted by atomic mass is 10.1. The van der Waals surface area contributed by atoms with Gasteiger partial charge in [-0.25, -0.2) is 0 Å². The van der Waals surface area contributed by atoms with Crippen LogP contribution in [-0.4, -0.2) is 35.9 Å². The van der Waals surface area contributed by atoms with Crippen molar-refractivity contribution in [1.82, 2.24) is 5.32 Å². The normalized spacial score (nSPS) is 19.2. The number of rotatable bonds is 2.